The molecule has 0 saturated carbocycles. The smallest absolute Gasteiger partial charge is 0.191 e. The highest BCUT2D eigenvalue weighted by Crippen LogP contribution is 2.31. The Morgan fingerprint density at radius 2 is 2.12 bits per heavy atom. The van der Waals surface area contributed by atoms with Crippen molar-refractivity contribution in [2.45, 2.75) is 29.9 Å². The van der Waals surface area contributed by atoms with Crippen molar-refractivity contribution >= 4 is 41.7 Å². The number of benzene rings is 1. The van der Waals surface area contributed by atoms with Gasteiger partial charge < -0.3 is 20.5 Å². The number of aliphatic hydroxyl groups excluding tert-OH is 1. The summed E-state index contributed by atoms with van der Waals surface area (Å²) in [5, 5.41) is 16.5. The second-order valence-electron chi connectivity index (χ2n) is 6.32. The summed E-state index contributed by atoms with van der Waals surface area (Å²) in [5.74, 6) is 0.805. The van der Waals surface area contributed by atoms with E-state index in [0.717, 1.165) is 38.5 Å². The summed E-state index contributed by atoms with van der Waals surface area (Å²) in [6, 6.07) is 10.4. The number of ether oxygens (including phenoxy) is 1. The van der Waals surface area contributed by atoms with Crippen molar-refractivity contribution in [3.05, 3.63) is 30.3 Å². The van der Waals surface area contributed by atoms with Gasteiger partial charge in [-0.15, -0.1) is 35.7 Å². The molecule has 7 heteroatoms. The van der Waals surface area contributed by atoms with E-state index < -0.39 is 0 Å². The van der Waals surface area contributed by atoms with Crippen molar-refractivity contribution in [3.63, 3.8) is 0 Å². The van der Waals surface area contributed by atoms with Gasteiger partial charge in [-0.1, -0.05) is 25.1 Å². The molecule has 0 bridgehead atoms. The van der Waals surface area contributed by atoms with Crippen LogP contribution >= 0.6 is 35.7 Å². The number of nitrogens with zero attached hydrogens (tertiary/aromatic N) is 1. The fraction of sp³-hybridized carbons (Fsp3) is 0.611. The van der Waals surface area contributed by atoms with Crippen molar-refractivity contribution in [2.75, 3.05) is 40.0 Å². The number of halogens is 1. The number of hydrogen-bond acceptors (Lipinski definition) is 4. The molecule has 2 rings (SSSR count). The van der Waals surface area contributed by atoms with Gasteiger partial charge in [0, 0.05) is 48.9 Å². The van der Waals surface area contributed by atoms with Gasteiger partial charge in [-0.2, -0.15) is 0 Å². The molecule has 0 radical (unpaired) electrons. The van der Waals surface area contributed by atoms with Gasteiger partial charge in [-0.3, -0.25) is 4.99 Å². The predicted octanol–water partition coefficient (Wildman–Crippen LogP) is 2.74. The van der Waals surface area contributed by atoms with Crippen LogP contribution in [0.2, 0.25) is 0 Å². The summed E-state index contributed by atoms with van der Waals surface area (Å²) >= 11 is 1.85. The zero-order chi connectivity index (χ0) is 17.3. The first-order valence-electron chi connectivity index (χ1n) is 8.52. The highest BCUT2D eigenvalue weighted by atomic mass is 127. The zero-order valence-electron chi connectivity index (χ0n) is 15.0. The average molecular weight is 479 g/mol. The molecule has 2 unspecified atom stereocenters. The minimum atomic E-state index is 0. The summed E-state index contributed by atoms with van der Waals surface area (Å²) < 4.78 is 5.53. The van der Waals surface area contributed by atoms with Crippen LogP contribution in [0.4, 0.5) is 0 Å². The van der Waals surface area contributed by atoms with E-state index in [0.29, 0.717) is 11.9 Å². The van der Waals surface area contributed by atoms with Crippen LogP contribution in [0.5, 0.6) is 0 Å². The first-order chi connectivity index (χ1) is 11.7. The van der Waals surface area contributed by atoms with E-state index in [2.05, 4.69) is 46.8 Å². The van der Waals surface area contributed by atoms with Crippen molar-refractivity contribution in [1.82, 2.24) is 10.6 Å². The molecule has 1 fully saturated rings. The van der Waals surface area contributed by atoms with Crippen molar-refractivity contribution in [2.24, 2.45) is 10.4 Å². The predicted molar refractivity (Wildman–Crippen MR) is 116 cm³/mol. The van der Waals surface area contributed by atoms with Gasteiger partial charge in [0.2, 0.25) is 0 Å². The quantitative estimate of drug-likeness (QED) is 0.232. The minimum absolute atomic E-state index is 0. The molecule has 5 nitrogen and oxygen atoms in total. The molecule has 25 heavy (non-hydrogen) atoms. The van der Waals surface area contributed by atoms with Gasteiger partial charge in [0.1, 0.15) is 0 Å². The van der Waals surface area contributed by atoms with Crippen LogP contribution in [0.1, 0.15) is 19.8 Å². The van der Waals surface area contributed by atoms with Gasteiger partial charge in [0.25, 0.3) is 0 Å². The van der Waals surface area contributed by atoms with E-state index in [4.69, 9.17) is 4.74 Å². The summed E-state index contributed by atoms with van der Waals surface area (Å²) in [7, 11) is 1.79. The second-order valence-corrected chi connectivity index (χ2v) is 7.84. The Morgan fingerprint density at radius 1 is 1.36 bits per heavy atom. The Hall–Kier alpha value is -0.510. The van der Waals surface area contributed by atoms with Gasteiger partial charge in [0.05, 0.1) is 6.61 Å². The number of hydrogen-bond donors (Lipinski definition) is 3. The van der Waals surface area contributed by atoms with Gasteiger partial charge in [0.15, 0.2) is 5.96 Å². The minimum Gasteiger partial charge on any atom is -0.396 e. The first kappa shape index (κ1) is 22.5. The maximum absolute atomic E-state index is 9.30. The normalized spacial score (nSPS) is 21.5. The number of aliphatic hydroxyl groups is 1. The molecule has 142 valence electrons. The van der Waals surface area contributed by atoms with Crippen LogP contribution in [0.3, 0.4) is 0 Å². The van der Waals surface area contributed by atoms with Crippen LogP contribution < -0.4 is 10.6 Å². The summed E-state index contributed by atoms with van der Waals surface area (Å²) in [5.41, 5.74) is 0.0246. The Kier molecular flexibility index (Phi) is 10.8. The van der Waals surface area contributed by atoms with Crippen LogP contribution in [-0.2, 0) is 4.74 Å². The SMILES string of the molecule is CN=C(NCC(C)Sc1ccccc1)NCC1(CCO)CCOC1.I. The monoisotopic (exact) mass is 479 g/mol. The number of aliphatic imine (C=N–C) groups is 1. The largest absolute Gasteiger partial charge is 0.396 e. The van der Waals surface area contributed by atoms with Crippen LogP contribution in [0, 0.1) is 5.41 Å². The molecule has 3 N–H and O–H groups in total. The molecule has 1 saturated heterocycles. The third-order valence-electron chi connectivity index (χ3n) is 4.32. The van der Waals surface area contributed by atoms with Crippen molar-refractivity contribution in [1.29, 1.82) is 0 Å². The molecule has 1 heterocycles. The standard InChI is InChI=1S/C18H29N3O2S.HI/c1-15(24-16-6-4-3-5-7-16)12-20-17(19-2)21-13-18(8-10-22)9-11-23-14-18;/h3-7,15,22H,8-14H2,1-2H3,(H2,19,20,21);1H. The fourth-order valence-corrected chi connectivity index (χ4v) is 3.76. The van der Waals surface area contributed by atoms with Crippen molar-refractivity contribution in [3.8, 4) is 0 Å². The van der Waals surface area contributed by atoms with Gasteiger partial charge in [-0.25, -0.2) is 0 Å². The molecule has 1 aromatic rings. The number of thioether (sulfide) groups is 1. The van der Waals surface area contributed by atoms with E-state index in [1.165, 1.54) is 4.90 Å². The van der Waals surface area contributed by atoms with E-state index in [1.807, 2.05) is 17.8 Å². The maximum atomic E-state index is 9.30. The highest BCUT2D eigenvalue weighted by Gasteiger charge is 2.34. The summed E-state index contributed by atoms with van der Waals surface area (Å²) in [6.45, 7) is 5.49. The zero-order valence-corrected chi connectivity index (χ0v) is 18.2. The fourth-order valence-electron chi connectivity index (χ4n) is 2.82. The molecular weight excluding hydrogens is 449 g/mol. The number of guanidine groups is 1. The van der Waals surface area contributed by atoms with Crippen molar-refractivity contribution < 1.29 is 9.84 Å². The van der Waals surface area contributed by atoms with Crippen LogP contribution in [0.15, 0.2) is 40.2 Å². The van der Waals surface area contributed by atoms with E-state index >= 15 is 0 Å². The Balaban J connectivity index is 0.00000312. The van der Waals surface area contributed by atoms with Gasteiger partial charge >= 0.3 is 0 Å². The van der Waals surface area contributed by atoms with E-state index in [9.17, 15) is 5.11 Å². The Morgan fingerprint density at radius 3 is 2.72 bits per heavy atom. The molecular formula is C18H30IN3O2S. The summed E-state index contributed by atoms with van der Waals surface area (Å²) in [4.78, 5) is 5.58. The molecule has 0 aromatic heterocycles. The first-order valence-corrected chi connectivity index (χ1v) is 9.40. The third-order valence-corrected chi connectivity index (χ3v) is 5.43. The van der Waals surface area contributed by atoms with E-state index in [1.54, 1.807) is 7.05 Å². The highest BCUT2D eigenvalue weighted by molar-refractivity contribution is 14.0. The third kappa shape index (κ3) is 7.72. The van der Waals surface area contributed by atoms with E-state index in [-0.39, 0.29) is 36.0 Å². The Bertz CT molecular complexity index is 510. The molecule has 1 aliphatic rings. The molecule has 2 atom stereocenters. The number of nitrogens with one attached hydrogen (secondary N) is 2. The average Bonchev–Trinajstić information content (AvgIpc) is 3.05. The Labute approximate surface area is 172 Å². The number of rotatable bonds is 8. The molecule has 0 aliphatic carbocycles. The van der Waals surface area contributed by atoms with Crippen LogP contribution in [-0.4, -0.2) is 56.3 Å². The lowest BCUT2D eigenvalue weighted by atomic mass is 9.84. The molecule has 0 spiro atoms. The lowest BCUT2D eigenvalue weighted by molar-refractivity contribution is 0.127. The van der Waals surface area contributed by atoms with Gasteiger partial charge in [-0.05, 0) is 25.0 Å². The molecule has 1 aromatic carbocycles. The lowest BCUT2D eigenvalue weighted by Gasteiger charge is -2.28. The molecule has 1 aliphatic heterocycles. The second kappa shape index (κ2) is 12.0. The van der Waals surface area contributed by atoms with Crippen LogP contribution in [0.25, 0.3) is 0 Å². The maximum Gasteiger partial charge on any atom is 0.191 e. The lowest BCUT2D eigenvalue weighted by Crippen LogP contribution is -2.45. The molecule has 0 amide bonds. The summed E-state index contributed by atoms with van der Waals surface area (Å²) in [6.07, 6.45) is 1.75. The topological polar surface area (TPSA) is 65.9 Å².